The number of carbonyl (C=O) groups is 2. The first kappa shape index (κ1) is 18.5. The van der Waals surface area contributed by atoms with Crippen LogP contribution >= 0.6 is 0 Å². The van der Waals surface area contributed by atoms with E-state index in [0.717, 1.165) is 25.9 Å². The van der Waals surface area contributed by atoms with Gasteiger partial charge in [-0.15, -0.1) is 0 Å². The molecule has 1 fully saturated rings. The minimum absolute atomic E-state index is 0.00397. The number of nitrogens with zero attached hydrogens (tertiary/aromatic N) is 3. The molecule has 22 heavy (non-hydrogen) atoms. The quantitative estimate of drug-likeness (QED) is 0.718. The molecule has 1 aliphatic heterocycles. The highest BCUT2D eigenvalue weighted by molar-refractivity contribution is 5.76. The van der Waals surface area contributed by atoms with E-state index in [1.165, 1.54) is 0 Å². The Labute approximate surface area is 133 Å². The van der Waals surface area contributed by atoms with Gasteiger partial charge < -0.3 is 24.8 Å². The van der Waals surface area contributed by atoms with Crippen molar-refractivity contribution in [1.29, 1.82) is 0 Å². The molecule has 0 aromatic carbocycles. The minimum atomic E-state index is -0.0505. The van der Waals surface area contributed by atoms with Crippen LogP contribution in [0.3, 0.4) is 0 Å². The Morgan fingerprint density at radius 1 is 1.05 bits per heavy atom. The van der Waals surface area contributed by atoms with Crippen LogP contribution in [0.2, 0.25) is 0 Å². The topological polar surface area (TPSA) is 65.1 Å². The van der Waals surface area contributed by atoms with Crippen LogP contribution in [0.5, 0.6) is 0 Å². The lowest BCUT2D eigenvalue weighted by atomic mass is 10.3. The van der Waals surface area contributed by atoms with Gasteiger partial charge in [-0.25, -0.2) is 9.59 Å². The van der Waals surface area contributed by atoms with Crippen LogP contribution in [0.25, 0.3) is 0 Å². The van der Waals surface area contributed by atoms with Crippen LogP contribution in [0, 0.1) is 0 Å². The van der Waals surface area contributed by atoms with Crippen molar-refractivity contribution >= 4 is 12.1 Å². The SMILES string of the molecule is CCCCOCCCNC(=O)N1CCN(C(=O)N(C)C)CC1. The number of piperazine rings is 1. The lowest BCUT2D eigenvalue weighted by molar-refractivity contribution is 0.123. The predicted octanol–water partition coefficient (Wildman–Crippen LogP) is 1.20. The van der Waals surface area contributed by atoms with E-state index >= 15 is 0 Å². The third-order valence-corrected chi connectivity index (χ3v) is 3.60. The number of unbranched alkanes of at least 4 members (excludes halogenated alkanes) is 1. The van der Waals surface area contributed by atoms with E-state index in [1.54, 1.807) is 28.8 Å². The molecule has 0 bridgehead atoms. The molecular weight excluding hydrogens is 284 g/mol. The molecular formula is C15H30N4O3. The first-order valence-corrected chi connectivity index (χ1v) is 8.13. The Kier molecular flexibility index (Phi) is 8.65. The molecule has 1 saturated heterocycles. The number of nitrogens with one attached hydrogen (secondary N) is 1. The van der Waals surface area contributed by atoms with Gasteiger partial charge in [0, 0.05) is 60.0 Å². The van der Waals surface area contributed by atoms with Crippen LogP contribution < -0.4 is 5.32 Å². The van der Waals surface area contributed by atoms with Crippen LogP contribution in [0.4, 0.5) is 9.59 Å². The Balaban J connectivity index is 2.11. The van der Waals surface area contributed by atoms with Crippen molar-refractivity contribution in [2.45, 2.75) is 26.2 Å². The lowest BCUT2D eigenvalue weighted by Crippen LogP contribution is -2.54. The van der Waals surface area contributed by atoms with Crippen LogP contribution in [0.1, 0.15) is 26.2 Å². The second kappa shape index (κ2) is 10.3. The van der Waals surface area contributed by atoms with Crippen molar-refractivity contribution in [1.82, 2.24) is 20.0 Å². The largest absolute Gasteiger partial charge is 0.381 e. The summed E-state index contributed by atoms with van der Waals surface area (Å²) in [4.78, 5) is 28.9. The molecule has 0 atom stereocenters. The van der Waals surface area contributed by atoms with E-state index in [4.69, 9.17) is 4.74 Å². The lowest BCUT2D eigenvalue weighted by Gasteiger charge is -2.35. The fourth-order valence-corrected chi connectivity index (χ4v) is 2.21. The van der Waals surface area contributed by atoms with E-state index in [2.05, 4.69) is 12.2 Å². The Hall–Kier alpha value is -1.50. The molecule has 1 aliphatic rings. The summed E-state index contributed by atoms with van der Waals surface area (Å²) in [7, 11) is 3.48. The number of hydrogen-bond acceptors (Lipinski definition) is 3. The second-order valence-corrected chi connectivity index (χ2v) is 5.70. The summed E-state index contributed by atoms with van der Waals surface area (Å²) in [5.41, 5.74) is 0. The summed E-state index contributed by atoms with van der Waals surface area (Å²) in [5, 5.41) is 2.90. The predicted molar refractivity (Wildman–Crippen MR) is 86.0 cm³/mol. The molecule has 1 rings (SSSR count). The van der Waals surface area contributed by atoms with Crippen LogP contribution in [0.15, 0.2) is 0 Å². The molecule has 0 spiro atoms. The first-order chi connectivity index (χ1) is 10.6. The number of hydrogen-bond donors (Lipinski definition) is 1. The molecule has 4 amide bonds. The van der Waals surface area contributed by atoms with Crippen LogP contribution in [-0.4, -0.2) is 86.8 Å². The maximum absolute atomic E-state index is 12.0. The fraction of sp³-hybridized carbons (Fsp3) is 0.867. The number of amides is 4. The van der Waals surface area contributed by atoms with Gasteiger partial charge in [0.15, 0.2) is 0 Å². The summed E-state index contributed by atoms with van der Waals surface area (Å²) in [6, 6.07) is -0.0465. The number of urea groups is 2. The zero-order valence-corrected chi connectivity index (χ0v) is 14.1. The molecule has 1 heterocycles. The molecule has 0 radical (unpaired) electrons. The van der Waals surface area contributed by atoms with Gasteiger partial charge in [-0.2, -0.15) is 0 Å². The first-order valence-electron chi connectivity index (χ1n) is 8.13. The van der Waals surface area contributed by atoms with Crippen molar-refractivity contribution in [3.63, 3.8) is 0 Å². The molecule has 0 aromatic heterocycles. The van der Waals surface area contributed by atoms with Gasteiger partial charge >= 0.3 is 12.1 Å². The molecule has 7 heteroatoms. The van der Waals surface area contributed by atoms with E-state index in [-0.39, 0.29) is 12.1 Å². The van der Waals surface area contributed by atoms with E-state index in [0.29, 0.717) is 39.3 Å². The Morgan fingerprint density at radius 2 is 1.64 bits per heavy atom. The molecule has 0 unspecified atom stereocenters. The Morgan fingerprint density at radius 3 is 2.23 bits per heavy atom. The van der Waals surface area contributed by atoms with E-state index < -0.39 is 0 Å². The summed E-state index contributed by atoms with van der Waals surface area (Å²) < 4.78 is 5.45. The van der Waals surface area contributed by atoms with Crippen LogP contribution in [-0.2, 0) is 4.74 Å². The average molecular weight is 314 g/mol. The molecule has 0 aromatic rings. The van der Waals surface area contributed by atoms with Gasteiger partial charge in [0.2, 0.25) is 0 Å². The normalized spacial score (nSPS) is 14.9. The number of rotatable bonds is 7. The molecule has 0 aliphatic carbocycles. The van der Waals surface area contributed by atoms with Gasteiger partial charge in [0.25, 0.3) is 0 Å². The summed E-state index contributed by atoms with van der Waals surface area (Å²) in [5.74, 6) is 0. The van der Waals surface area contributed by atoms with Crippen molar-refractivity contribution < 1.29 is 14.3 Å². The molecule has 128 valence electrons. The smallest absolute Gasteiger partial charge is 0.319 e. The van der Waals surface area contributed by atoms with Crippen molar-refractivity contribution in [2.75, 3.05) is 60.0 Å². The fourth-order valence-electron chi connectivity index (χ4n) is 2.21. The third-order valence-electron chi connectivity index (χ3n) is 3.60. The number of ether oxygens (including phenoxy) is 1. The van der Waals surface area contributed by atoms with Gasteiger partial charge in [-0.1, -0.05) is 13.3 Å². The number of carbonyl (C=O) groups excluding carboxylic acids is 2. The van der Waals surface area contributed by atoms with Gasteiger partial charge in [0.05, 0.1) is 0 Å². The maximum atomic E-state index is 12.0. The standard InChI is InChI=1S/C15H30N4O3/c1-4-5-12-22-13-6-7-16-14(20)18-8-10-19(11-9-18)15(21)17(2)3/h4-13H2,1-3H3,(H,16,20). The van der Waals surface area contributed by atoms with Gasteiger partial charge in [-0.05, 0) is 12.8 Å². The van der Waals surface area contributed by atoms with Crippen molar-refractivity contribution in [3.8, 4) is 0 Å². The summed E-state index contributed by atoms with van der Waals surface area (Å²) in [6.07, 6.45) is 3.05. The maximum Gasteiger partial charge on any atom is 0.319 e. The van der Waals surface area contributed by atoms with Crippen molar-refractivity contribution in [3.05, 3.63) is 0 Å². The monoisotopic (exact) mass is 314 g/mol. The Bertz CT molecular complexity index is 342. The zero-order valence-electron chi connectivity index (χ0n) is 14.1. The van der Waals surface area contributed by atoms with Crippen molar-refractivity contribution in [2.24, 2.45) is 0 Å². The molecule has 7 nitrogen and oxygen atoms in total. The van der Waals surface area contributed by atoms with Gasteiger partial charge in [-0.3, -0.25) is 0 Å². The summed E-state index contributed by atoms with van der Waals surface area (Å²) >= 11 is 0. The van der Waals surface area contributed by atoms with E-state index in [1.807, 2.05) is 0 Å². The highest BCUT2D eigenvalue weighted by Crippen LogP contribution is 2.04. The molecule has 0 saturated carbocycles. The minimum Gasteiger partial charge on any atom is -0.381 e. The van der Waals surface area contributed by atoms with Gasteiger partial charge in [0.1, 0.15) is 0 Å². The average Bonchev–Trinajstić information content (AvgIpc) is 2.53. The third kappa shape index (κ3) is 6.51. The second-order valence-electron chi connectivity index (χ2n) is 5.70. The molecule has 1 N–H and O–H groups in total. The zero-order chi connectivity index (χ0) is 16.4. The highest BCUT2D eigenvalue weighted by Gasteiger charge is 2.24. The highest BCUT2D eigenvalue weighted by atomic mass is 16.5. The van der Waals surface area contributed by atoms with E-state index in [9.17, 15) is 9.59 Å². The summed E-state index contributed by atoms with van der Waals surface area (Å²) in [6.45, 7) is 6.58.